The average Bonchev–Trinajstić information content (AvgIpc) is 2.28. The molecule has 0 amide bonds. The van der Waals surface area contributed by atoms with Crippen molar-refractivity contribution in [2.24, 2.45) is 0 Å². The van der Waals surface area contributed by atoms with Crippen LogP contribution in [0.4, 0.5) is 0 Å². The second-order valence-electron chi connectivity index (χ2n) is 3.49. The Hall–Kier alpha value is -1.10. The first-order chi connectivity index (χ1) is 7.75. The Morgan fingerprint density at radius 2 is 1.94 bits per heavy atom. The first kappa shape index (κ1) is 11.4. The van der Waals surface area contributed by atoms with Gasteiger partial charge in [-0.15, -0.1) is 0 Å². The summed E-state index contributed by atoms with van der Waals surface area (Å²) in [5.74, 6) is 0.909. The van der Waals surface area contributed by atoms with Crippen LogP contribution in [0.2, 0.25) is 0 Å². The van der Waals surface area contributed by atoms with Gasteiger partial charge in [0.05, 0.1) is 9.26 Å². The normalized spacial score (nSPS) is 10.1. The van der Waals surface area contributed by atoms with Gasteiger partial charge >= 0.3 is 0 Å². The van der Waals surface area contributed by atoms with E-state index in [-0.39, 0.29) is 0 Å². The van der Waals surface area contributed by atoms with Gasteiger partial charge < -0.3 is 4.74 Å². The third-order valence-corrected chi connectivity index (χ3v) is 3.05. The van der Waals surface area contributed by atoms with E-state index in [0.717, 1.165) is 20.7 Å². The second kappa shape index (κ2) is 5.30. The number of ether oxygens (including phenoxy) is 1. The Morgan fingerprint density at radius 1 is 1.12 bits per heavy atom. The Morgan fingerprint density at radius 3 is 2.69 bits per heavy atom. The monoisotopic (exact) mass is 325 g/mol. The maximum atomic E-state index is 5.71. The van der Waals surface area contributed by atoms with Crippen molar-refractivity contribution in [3.8, 4) is 5.75 Å². The van der Waals surface area contributed by atoms with Crippen molar-refractivity contribution in [2.75, 3.05) is 0 Å². The molecule has 0 atom stereocenters. The van der Waals surface area contributed by atoms with Gasteiger partial charge in [0.25, 0.3) is 0 Å². The lowest BCUT2D eigenvalue weighted by Gasteiger charge is -2.07. The fraction of sp³-hybridized carbons (Fsp3) is 0.154. The lowest BCUT2D eigenvalue weighted by Crippen LogP contribution is -1.99. The summed E-state index contributed by atoms with van der Waals surface area (Å²) in [5, 5.41) is 0. The minimum Gasteiger partial charge on any atom is -0.486 e. The largest absolute Gasteiger partial charge is 0.486 e. The number of halogens is 1. The summed E-state index contributed by atoms with van der Waals surface area (Å²) in [6.45, 7) is 2.50. The van der Waals surface area contributed by atoms with Crippen LogP contribution < -0.4 is 4.74 Å². The van der Waals surface area contributed by atoms with Crippen LogP contribution in [0, 0.1) is 10.5 Å². The molecule has 0 saturated heterocycles. The van der Waals surface area contributed by atoms with Crippen molar-refractivity contribution in [1.29, 1.82) is 0 Å². The molecule has 1 aromatic carbocycles. The average molecular weight is 325 g/mol. The predicted molar refractivity (Wildman–Crippen MR) is 72.5 cm³/mol. The number of aromatic nitrogens is 1. The highest BCUT2D eigenvalue weighted by molar-refractivity contribution is 14.1. The summed E-state index contributed by atoms with van der Waals surface area (Å²) in [5.41, 5.74) is 1.98. The van der Waals surface area contributed by atoms with E-state index in [0.29, 0.717) is 6.61 Å². The maximum absolute atomic E-state index is 5.71. The molecule has 3 heteroatoms. The molecule has 0 saturated carbocycles. The highest BCUT2D eigenvalue weighted by atomic mass is 127. The molecule has 0 fully saturated rings. The Bertz CT molecular complexity index is 485. The molecule has 0 unspecified atom stereocenters. The zero-order valence-corrected chi connectivity index (χ0v) is 11.1. The van der Waals surface area contributed by atoms with Crippen molar-refractivity contribution >= 4 is 22.6 Å². The topological polar surface area (TPSA) is 22.1 Å². The lowest BCUT2D eigenvalue weighted by atomic mass is 10.3. The molecule has 0 N–H and O–H groups in total. The Kier molecular flexibility index (Phi) is 3.77. The molecular weight excluding hydrogens is 313 g/mol. The van der Waals surface area contributed by atoms with Gasteiger partial charge in [0.1, 0.15) is 12.4 Å². The molecule has 0 aliphatic heterocycles. The maximum Gasteiger partial charge on any atom is 0.133 e. The van der Waals surface area contributed by atoms with Gasteiger partial charge in [-0.1, -0.05) is 18.2 Å². The molecule has 1 heterocycles. The lowest BCUT2D eigenvalue weighted by molar-refractivity contribution is 0.299. The van der Waals surface area contributed by atoms with Crippen LogP contribution in [0.1, 0.15) is 11.4 Å². The third-order valence-electron chi connectivity index (χ3n) is 2.16. The highest BCUT2D eigenvalue weighted by Gasteiger charge is 2.00. The zero-order valence-electron chi connectivity index (χ0n) is 8.98. The molecule has 1 aromatic heterocycles. The Balaban J connectivity index is 2.05. The van der Waals surface area contributed by atoms with Gasteiger partial charge in [-0.3, -0.25) is 4.98 Å². The fourth-order valence-electron chi connectivity index (χ4n) is 1.39. The number of pyridine rings is 1. The molecule has 2 nitrogen and oxygen atoms in total. The number of hydrogen-bond donors (Lipinski definition) is 0. The fourth-order valence-corrected chi connectivity index (χ4v) is 1.94. The molecule has 0 aliphatic carbocycles. The molecule has 0 radical (unpaired) electrons. The molecule has 82 valence electrons. The number of hydrogen-bond acceptors (Lipinski definition) is 2. The number of nitrogens with zero attached hydrogens (tertiary/aromatic N) is 1. The third kappa shape index (κ3) is 2.95. The highest BCUT2D eigenvalue weighted by Crippen LogP contribution is 2.20. The molecular formula is C13H12INO. The van der Waals surface area contributed by atoms with E-state index >= 15 is 0 Å². The first-order valence-electron chi connectivity index (χ1n) is 5.05. The summed E-state index contributed by atoms with van der Waals surface area (Å²) in [7, 11) is 0. The van der Waals surface area contributed by atoms with Crippen molar-refractivity contribution in [2.45, 2.75) is 13.5 Å². The van der Waals surface area contributed by atoms with Crippen LogP contribution in [0.3, 0.4) is 0 Å². The molecule has 2 rings (SSSR count). The van der Waals surface area contributed by atoms with E-state index in [1.165, 1.54) is 0 Å². The van der Waals surface area contributed by atoms with Crippen molar-refractivity contribution in [3.63, 3.8) is 0 Å². The van der Waals surface area contributed by atoms with Crippen LogP contribution in [0.15, 0.2) is 42.5 Å². The SMILES string of the molecule is Cc1cccc(COc2ccccc2I)n1. The predicted octanol–water partition coefficient (Wildman–Crippen LogP) is 3.57. The van der Waals surface area contributed by atoms with E-state index in [1.807, 2.05) is 49.4 Å². The van der Waals surface area contributed by atoms with Gasteiger partial charge in [0.15, 0.2) is 0 Å². The van der Waals surface area contributed by atoms with Gasteiger partial charge in [0.2, 0.25) is 0 Å². The summed E-state index contributed by atoms with van der Waals surface area (Å²) in [6.07, 6.45) is 0. The Labute approximate surface area is 109 Å². The smallest absolute Gasteiger partial charge is 0.133 e. The second-order valence-corrected chi connectivity index (χ2v) is 4.65. The quantitative estimate of drug-likeness (QED) is 0.805. The first-order valence-corrected chi connectivity index (χ1v) is 6.13. The summed E-state index contributed by atoms with van der Waals surface area (Å²) >= 11 is 2.26. The molecule has 2 aromatic rings. The summed E-state index contributed by atoms with van der Waals surface area (Å²) < 4.78 is 6.83. The van der Waals surface area contributed by atoms with E-state index < -0.39 is 0 Å². The number of para-hydroxylation sites is 1. The van der Waals surface area contributed by atoms with Crippen molar-refractivity contribution in [1.82, 2.24) is 4.98 Å². The number of benzene rings is 1. The van der Waals surface area contributed by atoms with Crippen LogP contribution in [0.5, 0.6) is 5.75 Å². The zero-order chi connectivity index (χ0) is 11.4. The van der Waals surface area contributed by atoms with Crippen molar-refractivity contribution < 1.29 is 4.74 Å². The number of aryl methyl sites for hydroxylation is 1. The number of rotatable bonds is 3. The van der Waals surface area contributed by atoms with Crippen molar-refractivity contribution in [3.05, 3.63) is 57.4 Å². The minimum atomic E-state index is 0.516. The summed E-state index contributed by atoms with van der Waals surface area (Å²) in [4.78, 5) is 4.39. The molecule has 0 spiro atoms. The van der Waals surface area contributed by atoms with E-state index in [2.05, 4.69) is 27.6 Å². The van der Waals surface area contributed by atoms with Gasteiger partial charge in [-0.25, -0.2) is 0 Å². The minimum absolute atomic E-state index is 0.516. The molecule has 16 heavy (non-hydrogen) atoms. The molecule has 0 aliphatic rings. The standard InChI is InChI=1S/C13H12INO/c1-10-5-4-6-11(15-10)9-16-13-8-3-2-7-12(13)14/h2-8H,9H2,1H3. The van der Waals surface area contributed by atoms with Crippen LogP contribution in [-0.4, -0.2) is 4.98 Å². The van der Waals surface area contributed by atoms with Crippen LogP contribution in [-0.2, 0) is 6.61 Å². The van der Waals surface area contributed by atoms with Gasteiger partial charge in [0, 0.05) is 5.69 Å². The van der Waals surface area contributed by atoms with Crippen LogP contribution >= 0.6 is 22.6 Å². The van der Waals surface area contributed by atoms with E-state index in [4.69, 9.17) is 4.74 Å². The molecule has 0 bridgehead atoms. The van der Waals surface area contributed by atoms with E-state index in [1.54, 1.807) is 0 Å². The van der Waals surface area contributed by atoms with Gasteiger partial charge in [-0.2, -0.15) is 0 Å². The summed E-state index contributed by atoms with van der Waals surface area (Å²) in [6, 6.07) is 13.9. The van der Waals surface area contributed by atoms with Crippen LogP contribution in [0.25, 0.3) is 0 Å². The van der Waals surface area contributed by atoms with E-state index in [9.17, 15) is 0 Å². The van der Waals surface area contributed by atoms with Gasteiger partial charge in [-0.05, 0) is 53.8 Å².